The van der Waals surface area contributed by atoms with Gasteiger partial charge in [-0.05, 0) is 42.7 Å². The van der Waals surface area contributed by atoms with Gasteiger partial charge >= 0.3 is 0 Å². The number of amides is 1. The molecule has 3 nitrogen and oxygen atoms in total. The number of carbonyl (C=O) groups is 1. The highest BCUT2D eigenvalue weighted by molar-refractivity contribution is 8.00. The third-order valence-electron chi connectivity index (χ3n) is 4.69. The lowest BCUT2D eigenvalue weighted by molar-refractivity contribution is -0.121. The maximum atomic E-state index is 12.6. The summed E-state index contributed by atoms with van der Waals surface area (Å²) in [6.45, 7) is 1.91. The quantitative estimate of drug-likeness (QED) is 0.825. The van der Waals surface area contributed by atoms with Gasteiger partial charge in [-0.2, -0.15) is 5.26 Å². The molecule has 4 heteroatoms. The van der Waals surface area contributed by atoms with Crippen molar-refractivity contribution in [2.45, 2.75) is 54.7 Å². The van der Waals surface area contributed by atoms with Gasteiger partial charge < -0.3 is 5.32 Å². The molecule has 1 aliphatic carbocycles. The first kappa shape index (κ1) is 16.9. The van der Waals surface area contributed by atoms with Gasteiger partial charge in [0.2, 0.25) is 5.91 Å². The van der Waals surface area contributed by atoms with Crippen LogP contribution in [-0.2, 0) is 4.79 Å². The Morgan fingerprint density at radius 2 is 1.88 bits per heavy atom. The Morgan fingerprint density at radius 1 is 1.17 bits per heavy atom. The summed E-state index contributed by atoms with van der Waals surface area (Å²) in [4.78, 5) is 13.6. The predicted molar refractivity (Wildman–Crippen MR) is 98.8 cm³/mol. The minimum absolute atomic E-state index is 0.0448. The normalized spacial score (nSPS) is 17.8. The molecule has 1 atom stereocenters. The average Bonchev–Trinajstić information content (AvgIpc) is 2.62. The zero-order chi connectivity index (χ0) is 17.0. The van der Waals surface area contributed by atoms with E-state index < -0.39 is 5.54 Å². The Morgan fingerprint density at radius 3 is 2.58 bits per heavy atom. The second-order valence-corrected chi connectivity index (χ2v) is 7.93. The Kier molecular flexibility index (Phi) is 5.11. The summed E-state index contributed by atoms with van der Waals surface area (Å²) in [5, 5.41) is 14.7. The van der Waals surface area contributed by atoms with Crippen LogP contribution in [0.3, 0.4) is 0 Å². The van der Waals surface area contributed by atoms with Crippen LogP contribution in [0, 0.1) is 11.3 Å². The zero-order valence-corrected chi connectivity index (χ0v) is 14.7. The van der Waals surface area contributed by atoms with Crippen molar-refractivity contribution < 1.29 is 4.79 Å². The summed E-state index contributed by atoms with van der Waals surface area (Å²) < 4.78 is 0. The molecular formula is C20H22N2OS. The SMILES string of the molecule is C[C@H](Sc1ccc2ccccc2c1)C(=O)NC1(C#N)CCCCC1. The summed E-state index contributed by atoms with van der Waals surface area (Å²) in [6, 6.07) is 16.8. The molecule has 1 aliphatic rings. The monoisotopic (exact) mass is 338 g/mol. The summed E-state index contributed by atoms with van der Waals surface area (Å²) in [6.07, 6.45) is 4.71. The lowest BCUT2D eigenvalue weighted by Crippen LogP contribution is -2.50. The summed E-state index contributed by atoms with van der Waals surface area (Å²) in [7, 11) is 0. The molecule has 0 saturated heterocycles. The Bertz CT molecular complexity index is 775. The van der Waals surface area contributed by atoms with Gasteiger partial charge in [0, 0.05) is 4.90 Å². The topological polar surface area (TPSA) is 52.9 Å². The molecule has 1 N–H and O–H groups in total. The van der Waals surface area contributed by atoms with Gasteiger partial charge in [0.05, 0.1) is 11.3 Å². The van der Waals surface area contributed by atoms with Gasteiger partial charge in [0.1, 0.15) is 5.54 Å². The molecule has 0 aromatic heterocycles. The van der Waals surface area contributed by atoms with E-state index in [-0.39, 0.29) is 11.2 Å². The zero-order valence-electron chi connectivity index (χ0n) is 13.9. The third-order valence-corrected chi connectivity index (χ3v) is 5.78. The van der Waals surface area contributed by atoms with Gasteiger partial charge in [-0.3, -0.25) is 4.79 Å². The van der Waals surface area contributed by atoms with Crippen molar-refractivity contribution in [3.05, 3.63) is 42.5 Å². The van der Waals surface area contributed by atoms with Gasteiger partial charge in [-0.25, -0.2) is 0 Å². The van der Waals surface area contributed by atoms with E-state index in [1.165, 1.54) is 10.8 Å². The largest absolute Gasteiger partial charge is 0.337 e. The van der Waals surface area contributed by atoms with Crippen LogP contribution in [-0.4, -0.2) is 16.7 Å². The minimum atomic E-state index is -0.659. The van der Waals surface area contributed by atoms with E-state index in [9.17, 15) is 10.1 Å². The molecule has 0 heterocycles. The van der Waals surface area contributed by atoms with Crippen molar-refractivity contribution in [3.8, 4) is 6.07 Å². The highest BCUT2D eigenvalue weighted by Crippen LogP contribution is 2.30. The number of nitrogens with one attached hydrogen (secondary N) is 1. The molecule has 1 amide bonds. The molecule has 0 radical (unpaired) electrons. The number of nitrogens with zero attached hydrogens (tertiary/aromatic N) is 1. The lowest BCUT2D eigenvalue weighted by atomic mass is 9.83. The maximum absolute atomic E-state index is 12.6. The van der Waals surface area contributed by atoms with E-state index in [0.717, 1.165) is 37.0 Å². The van der Waals surface area contributed by atoms with Crippen molar-refractivity contribution in [1.29, 1.82) is 5.26 Å². The number of hydrogen-bond donors (Lipinski definition) is 1. The number of hydrogen-bond acceptors (Lipinski definition) is 3. The van der Waals surface area contributed by atoms with Crippen LogP contribution in [0.5, 0.6) is 0 Å². The van der Waals surface area contributed by atoms with Crippen LogP contribution in [0.4, 0.5) is 0 Å². The van der Waals surface area contributed by atoms with E-state index in [4.69, 9.17) is 0 Å². The van der Waals surface area contributed by atoms with Crippen LogP contribution in [0.25, 0.3) is 10.8 Å². The van der Waals surface area contributed by atoms with Crippen molar-refractivity contribution in [2.24, 2.45) is 0 Å². The molecular weight excluding hydrogens is 316 g/mol. The number of benzene rings is 2. The van der Waals surface area contributed by atoms with Crippen molar-refractivity contribution in [3.63, 3.8) is 0 Å². The molecule has 2 aromatic carbocycles. The Balaban J connectivity index is 1.67. The number of nitriles is 1. The number of carbonyl (C=O) groups excluding carboxylic acids is 1. The molecule has 0 aliphatic heterocycles. The van der Waals surface area contributed by atoms with Gasteiger partial charge in [0.25, 0.3) is 0 Å². The summed E-state index contributed by atoms with van der Waals surface area (Å²) in [5.41, 5.74) is -0.659. The van der Waals surface area contributed by atoms with Crippen LogP contribution < -0.4 is 5.32 Å². The second-order valence-electron chi connectivity index (χ2n) is 6.51. The van der Waals surface area contributed by atoms with E-state index in [0.29, 0.717) is 0 Å². The van der Waals surface area contributed by atoms with Crippen LogP contribution in [0.15, 0.2) is 47.4 Å². The summed E-state index contributed by atoms with van der Waals surface area (Å²) >= 11 is 1.54. The highest BCUT2D eigenvalue weighted by atomic mass is 32.2. The van der Waals surface area contributed by atoms with E-state index >= 15 is 0 Å². The predicted octanol–water partition coefficient (Wildman–Crippen LogP) is 4.66. The molecule has 124 valence electrons. The van der Waals surface area contributed by atoms with E-state index in [1.807, 2.05) is 19.1 Å². The van der Waals surface area contributed by atoms with Crippen molar-refractivity contribution >= 4 is 28.4 Å². The first-order valence-corrected chi connectivity index (χ1v) is 9.39. The molecule has 0 unspecified atom stereocenters. The highest BCUT2D eigenvalue weighted by Gasteiger charge is 2.34. The summed E-state index contributed by atoms with van der Waals surface area (Å²) in [5.74, 6) is -0.0448. The van der Waals surface area contributed by atoms with Gasteiger partial charge in [0.15, 0.2) is 0 Å². The van der Waals surface area contributed by atoms with Crippen LogP contribution >= 0.6 is 11.8 Å². The minimum Gasteiger partial charge on any atom is -0.337 e. The molecule has 0 spiro atoms. The smallest absolute Gasteiger partial charge is 0.234 e. The third kappa shape index (κ3) is 3.73. The Labute approximate surface area is 147 Å². The molecule has 2 aromatic rings. The van der Waals surface area contributed by atoms with Gasteiger partial charge in [-0.15, -0.1) is 11.8 Å². The van der Waals surface area contributed by atoms with E-state index in [1.54, 1.807) is 11.8 Å². The van der Waals surface area contributed by atoms with Crippen LogP contribution in [0.1, 0.15) is 39.0 Å². The fourth-order valence-electron chi connectivity index (χ4n) is 3.26. The number of rotatable bonds is 4. The second kappa shape index (κ2) is 7.27. The van der Waals surface area contributed by atoms with E-state index in [2.05, 4.69) is 41.7 Å². The number of fused-ring (bicyclic) bond motifs is 1. The average molecular weight is 338 g/mol. The maximum Gasteiger partial charge on any atom is 0.234 e. The molecule has 24 heavy (non-hydrogen) atoms. The standard InChI is InChI=1S/C20H22N2OS/c1-15(19(23)22-20(14-21)11-5-2-6-12-20)24-18-10-9-16-7-3-4-8-17(16)13-18/h3-4,7-10,13,15H,2,5-6,11-12H2,1H3,(H,22,23)/t15-/m0/s1. The Hall–Kier alpha value is -1.99. The fourth-order valence-corrected chi connectivity index (χ4v) is 4.17. The van der Waals surface area contributed by atoms with Crippen LogP contribution in [0.2, 0.25) is 0 Å². The van der Waals surface area contributed by atoms with Crippen molar-refractivity contribution in [2.75, 3.05) is 0 Å². The number of thioether (sulfide) groups is 1. The molecule has 3 rings (SSSR count). The molecule has 0 bridgehead atoms. The fraction of sp³-hybridized carbons (Fsp3) is 0.400. The van der Waals surface area contributed by atoms with Gasteiger partial charge in [-0.1, -0.05) is 49.6 Å². The van der Waals surface area contributed by atoms with Crippen molar-refractivity contribution in [1.82, 2.24) is 5.32 Å². The lowest BCUT2D eigenvalue weighted by Gasteiger charge is -2.32. The molecule has 1 saturated carbocycles. The first-order chi connectivity index (χ1) is 11.6. The molecule has 1 fully saturated rings. The first-order valence-electron chi connectivity index (χ1n) is 8.51.